The second-order valence-electron chi connectivity index (χ2n) is 4.58. The number of anilines is 1. The first-order valence-electron chi connectivity index (χ1n) is 5.58. The molecule has 4 heteroatoms. The molecule has 0 radical (unpaired) electrons. The highest BCUT2D eigenvalue weighted by Gasteiger charge is 2.41. The molecule has 0 aliphatic heterocycles. The lowest BCUT2D eigenvalue weighted by Gasteiger charge is -2.16. The third-order valence-electron chi connectivity index (χ3n) is 3.30. The summed E-state index contributed by atoms with van der Waals surface area (Å²) in [6, 6.07) is 2.00. The minimum atomic E-state index is 0.437. The molecule has 0 aromatic carbocycles. The second kappa shape index (κ2) is 4.92. The molecule has 0 saturated heterocycles. The van der Waals surface area contributed by atoms with Gasteiger partial charge in [-0.2, -0.15) is 0 Å². The van der Waals surface area contributed by atoms with E-state index in [9.17, 15) is 0 Å². The first-order valence-corrected chi connectivity index (χ1v) is 6.91. The molecule has 2 nitrogen and oxygen atoms in total. The molecule has 1 aromatic rings. The van der Waals surface area contributed by atoms with Crippen LogP contribution in [0.1, 0.15) is 24.8 Å². The van der Waals surface area contributed by atoms with Gasteiger partial charge in [0.15, 0.2) is 0 Å². The number of rotatable bonds is 5. The molecule has 1 fully saturated rings. The molecule has 1 aliphatic rings. The Balaban J connectivity index is 1.97. The molecule has 0 bridgehead atoms. The van der Waals surface area contributed by atoms with Crippen LogP contribution >= 0.6 is 27.5 Å². The summed E-state index contributed by atoms with van der Waals surface area (Å²) >= 11 is 9.37. The highest BCUT2D eigenvalue weighted by atomic mass is 79.9. The van der Waals surface area contributed by atoms with E-state index >= 15 is 0 Å². The van der Waals surface area contributed by atoms with Crippen molar-refractivity contribution in [2.24, 2.45) is 5.41 Å². The number of hydrogen-bond acceptors (Lipinski definition) is 2. The minimum Gasteiger partial charge on any atom is -0.369 e. The van der Waals surface area contributed by atoms with Crippen molar-refractivity contribution in [1.82, 2.24) is 4.98 Å². The number of halogens is 2. The normalized spacial score (nSPS) is 17.2. The molecule has 0 amide bonds. The van der Waals surface area contributed by atoms with Crippen LogP contribution in [0.25, 0.3) is 0 Å². The van der Waals surface area contributed by atoms with Crippen molar-refractivity contribution in [3.8, 4) is 0 Å². The third-order valence-corrected chi connectivity index (χ3v) is 4.49. The first kappa shape index (κ1) is 12.2. The maximum absolute atomic E-state index is 5.81. The van der Waals surface area contributed by atoms with Crippen LogP contribution in [0.3, 0.4) is 0 Å². The molecule has 88 valence electrons. The standard InChI is InChI=1S/C12H16BrClN2/c1-9-2-7-15-11(10(9)13)16-8-12(3-4-12)5-6-14/h2,7H,3-6,8H2,1H3,(H,15,16). The quantitative estimate of drug-likeness (QED) is 0.833. The first-order chi connectivity index (χ1) is 7.67. The Morgan fingerprint density at radius 2 is 2.31 bits per heavy atom. The molecule has 1 N–H and O–H groups in total. The Morgan fingerprint density at radius 1 is 1.56 bits per heavy atom. The van der Waals surface area contributed by atoms with Gasteiger partial charge in [-0.3, -0.25) is 0 Å². The number of nitrogens with zero attached hydrogens (tertiary/aromatic N) is 1. The summed E-state index contributed by atoms with van der Waals surface area (Å²) in [5, 5.41) is 3.42. The maximum atomic E-state index is 5.81. The zero-order valence-electron chi connectivity index (χ0n) is 9.39. The monoisotopic (exact) mass is 302 g/mol. The van der Waals surface area contributed by atoms with Gasteiger partial charge in [0, 0.05) is 18.6 Å². The molecule has 16 heavy (non-hydrogen) atoms. The Bertz CT molecular complexity index is 377. The van der Waals surface area contributed by atoms with E-state index in [1.165, 1.54) is 18.4 Å². The topological polar surface area (TPSA) is 24.9 Å². The lowest BCUT2D eigenvalue weighted by Crippen LogP contribution is -2.17. The number of aromatic nitrogens is 1. The SMILES string of the molecule is Cc1ccnc(NCC2(CCCl)CC2)c1Br. The predicted octanol–water partition coefficient (Wildman–Crippen LogP) is 3.97. The van der Waals surface area contributed by atoms with E-state index in [0.29, 0.717) is 5.41 Å². The largest absolute Gasteiger partial charge is 0.369 e. The Kier molecular flexibility index (Phi) is 3.75. The van der Waals surface area contributed by atoms with Gasteiger partial charge in [0.2, 0.25) is 0 Å². The lowest BCUT2D eigenvalue weighted by atomic mass is 10.0. The average Bonchev–Trinajstić information content (AvgIpc) is 3.02. The minimum absolute atomic E-state index is 0.437. The van der Waals surface area contributed by atoms with Crippen molar-refractivity contribution in [3.05, 3.63) is 22.3 Å². The van der Waals surface area contributed by atoms with E-state index in [4.69, 9.17) is 11.6 Å². The van der Waals surface area contributed by atoms with Crippen molar-refractivity contribution < 1.29 is 0 Å². The van der Waals surface area contributed by atoms with Gasteiger partial charge in [0.25, 0.3) is 0 Å². The number of nitrogens with one attached hydrogen (secondary N) is 1. The predicted molar refractivity (Wildman–Crippen MR) is 72.2 cm³/mol. The maximum Gasteiger partial charge on any atom is 0.140 e. The fourth-order valence-corrected chi connectivity index (χ4v) is 2.60. The van der Waals surface area contributed by atoms with Gasteiger partial charge in [-0.15, -0.1) is 11.6 Å². The molecule has 1 saturated carbocycles. The summed E-state index contributed by atoms with van der Waals surface area (Å²) in [5.41, 5.74) is 1.65. The highest BCUT2D eigenvalue weighted by molar-refractivity contribution is 9.10. The summed E-state index contributed by atoms with van der Waals surface area (Å²) in [6.45, 7) is 3.05. The molecular formula is C12H16BrClN2. The number of alkyl halides is 1. The fraction of sp³-hybridized carbons (Fsp3) is 0.583. The molecule has 0 unspecified atom stereocenters. The van der Waals surface area contributed by atoms with Gasteiger partial charge in [0.05, 0.1) is 4.47 Å². The van der Waals surface area contributed by atoms with Crippen LogP contribution in [0.5, 0.6) is 0 Å². The van der Waals surface area contributed by atoms with E-state index in [-0.39, 0.29) is 0 Å². The van der Waals surface area contributed by atoms with Gasteiger partial charge >= 0.3 is 0 Å². The number of aryl methyl sites for hydroxylation is 1. The summed E-state index contributed by atoms with van der Waals surface area (Å²) in [7, 11) is 0. The molecule has 1 heterocycles. The van der Waals surface area contributed by atoms with Crippen LogP contribution in [-0.2, 0) is 0 Å². The van der Waals surface area contributed by atoms with E-state index in [1.54, 1.807) is 0 Å². The Morgan fingerprint density at radius 3 is 2.94 bits per heavy atom. The van der Waals surface area contributed by atoms with Crippen LogP contribution in [0.15, 0.2) is 16.7 Å². The summed E-state index contributed by atoms with van der Waals surface area (Å²) < 4.78 is 1.07. The highest BCUT2D eigenvalue weighted by Crippen LogP contribution is 2.49. The van der Waals surface area contributed by atoms with Crippen LogP contribution in [0.2, 0.25) is 0 Å². The van der Waals surface area contributed by atoms with Gasteiger partial charge in [-0.05, 0) is 59.2 Å². The summed E-state index contributed by atoms with van der Waals surface area (Å²) in [6.07, 6.45) is 5.51. The van der Waals surface area contributed by atoms with Gasteiger partial charge < -0.3 is 5.32 Å². The number of pyridine rings is 1. The van der Waals surface area contributed by atoms with Crippen LogP contribution in [0, 0.1) is 12.3 Å². The van der Waals surface area contributed by atoms with Gasteiger partial charge in [0.1, 0.15) is 5.82 Å². The molecule has 0 spiro atoms. The molecule has 1 aliphatic carbocycles. The van der Waals surface area contributed by atoms with Crippen LogP contribution in [0.4, 0.5) is 5.82 Å². The van der Waals surface area contributed by atoms with Crippen molar-refractivity contribution in [3.63, 3.8) is 0 Å². The molecule has 0 atom stereocenters. The van der Waals surface area contributed by atoms with Crippen molar-refractivity contribution in [2.75, 3.05) is 17.7 Å². The lowest BCUT2D eigenvalue weighted by molar-refractivity contribution is 0.524. The molecular weight excluding hydrogens is 288 g/mol. The smallest absolute Gasteiger partial charge is 0.140 e. The molecule has 2 rings (SSSR count). The van der Waals surface area contributed by atoms with E-state index in [1.807, 2.05) is 12.3 Å². The fourth-order valence-electron chi connectivity index (χ4n) is 1.83. The zero-order valence-corrected chi connectivity index (χ0v) is 11.7. The van der Waals surface area contributed by atoms with Gasteiger partial charge in [-0.25, -0.2) is 4.98 Å². The zero-order chi connectivity index (χ0) is 11.6. The second-order valence-corrected chi connectivity index (χ2v) is 5.75. The van der Waals surface area contributed by atoms with Crippen molar-refractivity contribution >= 4 is 33.3 Å². The van der Waals surface area contributed by atoms with Crippen LogP contribution in [-0.4, -0.2) is 17.4 Å². The summed E-state index contributed by atoms with van der Waals surface area (Å²) in [4.78, 5) is 4.34. The summed E-state index contributed by atoms with van der Waals surface area (Å²) in [5.74, 6) is 1.70. The Labute approximate surface area is 110 Å². The van der Waals surface area contributed by atoms with Crippen molar-refractivity contribution in [1.29, 1.82) is 0 Å². The van der Waals surface area contributed by atoms with Crippen LogP contribution < -0.4 is 5.32 Å². The van der Waals surface area contributed by atoms with Crippen molar-refractivity contribution in [2.45, 2.75) is 26.2 Å². The van der Waals surface area contributed by atoms with E-state index in [2.05, 4.69) is 33.2 Å². The third kappa shape index (κ3) is 2.69. The van der Waals surface area contributed by atoms with E-state index < -0.39 is 0 Å². The van der Waals surface area contributed by atoms with Gasteiger partial charge in [-0.1, -0.05) is 0 Å². The number of hydrogen-bond donors (Lipinski definition) is 1. The van der Waals surface area contributed by atoms with E-state index in [0.717, 1.165) is 29.1 Å². The molecule has 1 aromatic heterocycles. The Hall–Kier alpha value is -0.280. The average molecular weight is 304 g/mol.